The molecule has 2 rings (SSSR count). The molecule has 0 fully saturated rings. The Balaban J connectivity index is 0.000000531. The minimum Gasteiger partial charge on any atom is -0.384 e. The average molecular weight is 221 g/mol. The Hall–Kier alpha value is -1.42. The van der Waals surface area contributed by atoms with Gasteiger partial charge >= 0.3 is 0 Å². The summed E-state index contributed by atoms with van der Waals surface area (Å²) in [7, 11) is 0. The van der Waals surface area contributed by atoms with E-state index in [4.69, 9.17) is 5.73 Å². The van der Waals surface area contributed by atoms with E-state index in [1.165, 1.54) is 0 Å². The number of nitrogens with two attached hydrogens (primary N) is 1. The summed E-state index contributed by atoms with van der Waals surface area (Å²) in [5.41, 5.74) is 7.43. The second-order valence-corrected chi connectivity index (χ2v) is 3.60. The van der Waals surface area contributed by atoms with E-state index in [1.54, 1.807) is 17.4 Å². The molecular weight excluding hydrogens is 206 g/mol. The maximum atomic E-state index is 5.57. The fraction of sp³-hybridized carbons (Fsp3) is 0.273. The predicted molar refractivity (Wildman–Crippen MR) is 65.8 cm³/mol. The van der Waals surface area contributed by atoms with Crippen LogP contribution >= 0.6 is 11.3 Å². The summed E-state index contributed by atoms with van der Waals surface area (Å²) in [6.45, 7) is 5.96. The molecule has 3 nitrogen and oxygen atoms in total. The summed E-state index contributed by atoms with van der Waals surface area (Å²) in [6.07, 6.45) is 0. The Labute approximate surface area is 94.0 Å². The first-order chi connectivity index (χ1) is 7.25. The van der Waals surface area contributed by atoms with Crippen molar-refractivity contribution in [2.45, 2.75) is 20.8 Å². The van der Waals surface area contributed by atoms with E-state index in [0.717, 1.165) is 16.4 Å². The lowest BCUT2D eigenvalue weighted by Crippen LogP contribution is -1.90. The zero-order valence-corrected chi connectivity index (χ0v) is 10.0. The van der Waals surface area contributed by atoms with Gasteiger partial charge in [-0.3, -0.25) is 0 Å². The number of hydrogen-bond acceptors (Lipinski definition) is 4. The standard InChI is InChI=1S/C9H9N3S.C2H6/c1-6-5-13-9(11-6)7-3-2-4-8(10)12-7;1-2/h2-5H,1H3,(H2,10,12);1-2H3. The molecule has 0 unspecified atom stereocenters. The molecule has 0 saturated carbocycles. The fourth-order valence-electron chi connectivity index (χ4n) is 1.04. The number of anilines is 1. The highest BCUT2D eigenvalue weighted by Crippen LogP contribution is 2.21. The van der Waals surface area contributed by atoms with Gasteiger partial charge in [0, 0.05) is 11.1 Å². The Kier molecular flexibility index (Phi) is 4.24. The largest absolute Gasteiger partial charge is 0.384 e. The molecule has 0 atom stereocenters. The van der Waals surface area contributed by atoms with Crippen molar-refractivity contribution in [1.29, 1.82) is 0 Å². The molecule has 0 aromatic carbocycles. The zero-order chi connectivity index (χ0) is 11.3. The summed E-state index contributed by atoms with van der Waals surface area (Å²) in [5, 5.41) is 2.92. The van der Waals surface area contributed by atoms with Crippen LogP contribution < -0.4 is 5.73 Å². The quantitative estimate of drug-likeness (QED) is 0.805. The summed E-state index contributed by atoms with van der Waals surface area (Å²) >= 11 is 1.58. The Morgan fingerprint density at radius 1 is 1.20 bits per heavy atom. The highest BCUT2D eigenvalue weighted by molar-refractivity contribution is 7.13. The summed E-state index contributed by atoms with van der Waals surface area (Å²) < 4.78 is 0. The molecule has 0 saturated heterocycles. The molecular formula is C11H15N3S. The number of rotatable bonds is 1. The third kappa shape index (κ3) is 3.02. The van der Waals surface area contributed by atoms with Gasteiger partial charge in [-0.05, 0) is 19.1 Å². The van der Waals surface area contributed by atoms with Crippen molar-refractivity contribution in [1.82, 2.24) is 9.97 Å². The molecule has 2 aromatic heterocycles. The zero-order valence-electron chi connectivity index (χ0n) is 9.19. The van der Waals surface area contributed by atoms with Gasteiger partial charge in [-0.25, -0.2) is 9.97 Å². The number of aromatic nitrogens is 2. The SMILES string of the molecule is CC.Cc1csc(-c2cccc(N)n2)n1. The lowest BCUT2D eigenvalue weighted by molar-refractivity contribution is 1.24. The summed E-state index contributed by atoms with van der Waals surface area (Å²) in [6, 6.07) is 5.56. The fourth-order valence-corrected chi connectivity index (χ4v) is 1.81. The molecule has 80 valence electrons. The number of hydrogen-bond donors (Lipinski definition) is 1. The van der Waals surface area contributed by atoms with E-state index in [-0.39, 0.29) is 0 Å². The van der Waals surface area contributed by atoms with Crippen LogP contribution in [0.4, 0.5) is 5.82 Å². The maximum absolute atomic E-state index is 5.57. The van der Waals surface area contributed by atoms with Crippen molar-refractivity contribution in [2.75, 3.05) is 5.73 Å². The smallest absolute Gasteiger partial charge is 0.142 e. The van der Waals surface area contributed by atoms with Crippen molar-refractivity contribution in [3.05, 3.63) is 29.3 Å². The highest BCUT2D eigenvalue weighted by atomic mass is 32.1. The molecule has 0 aliphatic rings. The normalized spacial score (nSPS) is 9.27. The lowest BCUT2D eigenvalue weighted by Gasteiger charge is -1.95. The third-order valence-corrected chi connectivity index (χ3v) is 2.59. The van der Waals surface area contributed by atoms with Crippen LogP contribution in [0.2, 0.25) is 0 Å². The molecule has 2 heterocycles. The molecule has 15 heavy (non-hydrogen) atoms. The van der Waals surface area contributed by atoms with Crippen LogP contribution in [-0.2, 0) is 0 Å². The van der Waals surface area contributed by atoms with Gasteiger partial charge in [0.1, 0.15) is 16.5 Å². The number of aryl methyl sites for hydroxylation is 1. The van der Waals surface area contributed by atoms with Gasteiger partial charge < -0.3 is 5.73 Å². The number of pyridine rings is 1. The Morgan fingerprint density at radius 3 is 2.47 bits per heavy atom. The van der Waals surface area contributed by atoms with Gasteiger partial charge in [0.2, 0.25) is 0 Å². The number of nitrogens with zero attached hydrogens (tertiary/aromatic N) is 2. The summed E-state index contributed by atoms with van der Waals surface area (Å²) in [4.78, 5) is 8.50. The molecule has 0 aliphatic carbocycles. The van der Waals surface area contributed by atoms with Gasteiger partial charge in [-0.2, -0.15) is 0 Å². The van der Waals surface area contributed by atoms with Crippen molar-refractivity contribution in [3.63, 3.8) is 0 Å². The van der Waals surface area contributed by atoms with Gasteiger partial charge in [-0.15, -0.1) is 11.3 Å². The van der Waals surface area contributed by atoms with Crippen LogP contribution in [0.15, 0.2) is 23.6 Å². The number of nitrogen functional groups attached to an aromatic ring is 1. The van der Waals surface area contributed by atoms with Crippen molar-refractivity contribution in [2.24, 2.45) is 0 Å². The number of thiazole rings is 1. The minimum atomic E-state index is 0.533. The first kappa shape index (κ1) is 11.7. The van der Waals surface area contributed by atoms with Crippen molar-refractivity contribution >= 4 is 17.2 Å². The highest BCUT2D eigenvalue weighted by Gasteiger charge is 2.03. The van der Waals surface area contributed by atoms with E-state index < -0.39 is 0 Å². The first-order valence-electron chi connectivity index (χ1n) is 4.91. The van der Waals surface area contributed by atoms with Crippen molar-refractivity contribution < 1.29 is 0 Å². The minimum absolute atomic E-state index is 0.533. The summed E-state index contributed by atoms with van der Waals surface area (Å²) in [5.74, 6) is 0.533. The van der Waals surface area contributed by atoms with E-state index >= 15 is 0 Å². The molecule has 0 bridgehead atoms. The second-order valence-electron chi connectivity index (χ2n) is 2.74. The van der Waals surface area contributed by atoms with Crippen LogP contribution in [0.3, 0.4) is 0 Å². The van der Waals surface area contributed by atoms with E-state index in [0.29, 0.717) is 5.82 Å². The topological polar surface area (TPSA) is 51.8 Å². The molecule has 0 spiro atoms. The van der Waals surface area contributed by atoms with Gasteiger partial charge in [0.05, 0.1) is 0 Å². The molecule has 0 radical (unpaired) electrons. The molecule has 2 N–H and O–H groups in total. The van der Waals surface area contributed by atoms with Crippen molar-refractivity contribution in [3.8, 4) is 10.7 Å². The first-order valence-corrected chi connectivity index (χ1v) is 5.79. The third-order valence-electron chi connectivity index (χ3n) is 1.61. The molecule has 2 aromatic rings. The Morgan fingerprint density at radius 2 is 1.93 bits per heavy atom. The molecule has 4 heteroatoms. The van der Waals surface area contributed by atoms with E-state index in [9.17, 15) is 0 Å². The van der Waals surface area contributed by atoms with Crippen LogP contribution in [0.1, 0.15) is 19.5 Å². The second kappa shape index (κ2) is 5.46. The molecule has 0 aliphatic heterocycles. The van der Waals surface area contributed by atoms with Gasteiger partial charge in [0.15, 0.2) is 0 Å². The van der Waals surface area contributed by atoms with Gasteiger partial charge in [0.25, 0.3) is 0 Å². The van der Waals surface area contributed by atoms with Crippen LogP contribution in [0.5, 0.6) is 0 Å². The predicted octanol–water partition coefficient (Wildman–Crippen LogP) is 3.12. The Bertz CT molecular complexity index is 423. The van der Waals surface area contributed by atoms with Crippen LogP contribution in [-0.4, -0.2) is 9.97 Å². The van der Waals surface area contributed by atoms with Crippen LogP contribution in [0.25, 0.3) is 10.7 Å². The van der Waals surface area contributed by atoms with E-state index in [1.807, 2.05) is 38.3 Å². The average Bonchev–Trinajstić information content (AvgIpc) is 2.68. The monoisotopic (exact) mass is 221 g/mol. The van der Waals surface area contributed by atoms with Crippen LogP contribution in [0, 0.1) is 6.92 Å². The maximum Gasteiger partial charge on any atom is 0.142 e. The van der Waals surface area contributed by atoms with E-state index in [2.05, 4.69) is 9.97 Å². The lowest BCUT2D eigenvalue weighted by atomic mass is 10.3. The van der Waals surface area contributed by atoms with Gasteiger partial charge in [-0.1, -0.05) is 19.9 Å². The molecule has 0 amide bonds.